The Labute approximate surface area is 141 Å². The van der Waals surface area contributed by atoms with Crippen molar-refractivity contribution in [3.8, 4) is 0 Å². The third kappa shape index (κ3) is 3.59. The second kappa shape index (κ2) is 7.20. The largest absolute Gasteiger partial charge is 0.467 e. The van der Waals surface area contributed by atoms with Gasteiger partial charge in [0, 0.05) is 17.6 Å². The standard InChI is InChI=1S/C18H21ClN2O2/c19-17-8-4-1-5-13(17)11-21(15-6-2-3-7-15)18(22)14-9-16(10-20)23-12-14/h1,4-5,8-9,12,15H,2-3,6-7,10-11,20H2. The molecular formula is C18H21ClN2O2. The molecule has 0 saturated heterocycles. The van der Waals surface area contributed by atoms with Gasteiger partial charge in [0.1, 0.15) is 12.0 Å². The SMILES string of the molecule is NCc1cc(C(=O)N(Cc2ccccc2Cl)C2CCCC2)co1. The smallest absolute Gasteiger partial charge is 0.257 e. The van der Waals surface area contributed by atoms with Crippen LogP contribution in [0.3, 0.4) is 0 Å². The quantitative estimate of drug-likeness (QED) is 0.901. The summed E-state index contributed by atoms with van der Waals surface area (Å²) in [5, 5.41) is 0.693. The molecule has 1 aliphatic rings. The molecule has 4 nitrogen and oxygen atoms in total. The number of amides is 1. The first-order chi connectivity index (χ1) is 11.2. The number of furan rings is 1. The Kier molecular flexibility index (Phi) is 5.03. The molecular weight excluding hydrogens is 312 g/mol. The van der Waals surface area contributed by atoms with Gasteiger partial charge in [-0.1, -0.05) is 42.6 Å². The van der Waals surface area contributed by atoms with Gasteiger partial charge < -0.3 is 15.1 Å². The van der Waals surface area contributed by atoms with Crippen LogP contribution in [0.1, 0.15) is 47.4 Å². The molecule has 1 aliphatic carbocycles. The van der Waals surface area contributed by atoms with E-state index in [1.54, 1.807) is 6.07 Å². The molecule has 1 heterocycles. The minimum absolute atomic E-state index is 0.0136. The van der Waals surface area contributed by atoms with E-state index in [0.717, 1.165) is 31.2 Å². The number of rotatable bonds is 5. The molecule has 0 radical (unpaired) electrons. The van der Waals surface area contributed by atoms with Crippen LogP contribution in [0.15, 0.2) is 41.0 Å². The lowest BCUT2D eigenvalue weighted by Crippen LogP contribution is -2.38. The van der Waals surface area contributed by atoms with Gasteiger partial charge in [-0.15, -0.1) is 0 Å². The number of carbonyl (C=O) groups is 1. The Balaban J connectivity index is 1.86. The third-order valence-corrected chi connectivity index (χ3v) is 4.80. The first kappa shape index (κ1) is 16.1. The number of halogens is 1. The van der Waals surface area contributed by atoms with Gasteiger partial charge in [-0.2, -0.15) is 0 Å². The Bertz CT molecular complexity index is 677. The molecule has 1 aromatic heterocycles. The molecule has 0 spiro atoms. The highest BCUT2D eigenvalue weighted by Crippen LogP contribution is 2.28. The summed E-state index contributed by atoms with van der Waals surface area (Å²) in [5.74, 6) is 0.609. The molecule has 5 heteroatoms. The van der Waals surface area contributed by atoms with Crippen molar-refractivity contribution in [3.63, 3.8) is 0 Å². The predicted molar refractivity (Wildman–Crippen MR) is 90.2 cm³/mol. The molecule has 0 atom stereocenters. The zero-order valence-electron chi connectivity index (χ0n) is 13.0. The minimum Gasteiger partial charge on any atom is -0.467 e. The molecule has 1 fully saturated rings. The molecule has 2 aromatic rings. The van der Waals surface area contributed by atoms with Crippen molar-refractivity contribution < 1.29 is 9.21 Å². The highest BCUT2D eigenvalue weighted by atomic mass is 35.5. The van der Waals surface area contributed by atoms with E-state index in [1.165, 1.54) is 6.26 Å². The van der Waals surface area contributed by atoms with Crippen LogP contribution < -0.4 is 5.73 Å². The Hall–Kier alpha value is -1.78. The zero-order chi connectivity index (χ0) is 16.2. The van der Waals surface area contributed by atoms with Gasteiger partial charge in [0.2, 0.25) is 0 Å². The number of nitrogens with zero attached hydrogens (tertiary/aromatic N) is 1. The summed E-state index contributed by atoms with van der Waals surface area (Å²) in [6.45, 7) is 0.813. The average Bonchev–Trinajstić information content (AvgIpc) is 3.25. The van der Waals surface area contributed by atoms with Crippen LogP contribution in [0, 0.1) is 0 Å². The van der Waals surface area contributed by atoms with Crippen LogP contribution >= 0.6 is 11.6 Å². The van der Waals surface area contributed by atoms with E-state index in [2.05, 4.69) is 0 Å². The Morgan fingerprint density at radius 1 is 1.30 bits per heavy atom. The van der Waals surface area contributed by atoms with E-state index in [1.807, 2.05) is 29.2 Å². The van der Waals surface area contributed by atoms with Crippen molar-refractivity contribution >= 4 is 17.5 Å². The zero-order valence-corrected chi connectivity index (χ0v) is 13.8. The van der Waals surface area contributed by atoms with Crippen molar-refractivity contribution in [1.82, 2.24) is 4.90 Å². The number of hydrogen-bond donors (Lipinski definition) is 1. The van der Waals surface area contributed by atoms with Crippen LogP contribution in [0.2, 0.25) is 5.02 Å². The molecule has 0 aliphatic heterocycles. The maximum absolute atomic E-state index is 13.0. The lowest BCUT2D eigenvalue weighted by atomic mass is 10.1. The predicted octanol–water partition coefficient (Wildman–Crippen LogP) is 3.98. The fraction of sp³-hybridized carbons (Fsp3) is 0.389. The van der Waals surface area contributed by atoms with E-state index >= 15 is 0 Å². The summed E-state index contributed by atoms with van der Waals surface area (Å²) >= 11 is 6.28. The maximum Gasteiger partial charge on any atom is 0.257 e. The Morgan fingerprint density at radius 2 is 2.04 bits per heavy atom. The van der Waals surface area contributed by atoms with Crippen molar-refractivity contribution in [3.05, 3.63) is 58.5 Å². The summed E-state index contributed by atoms with van der Waals surface area (Å²) in [7, 11) is 0. The molecule has 23 heavy (non-hydrogen) atoms. The molecule has 0 bridgehead atoms. The van der Waals surface area contributed by atoms with Crippen LogP contribution in [0.4, 0.5) is 0 Å². The molecule has 122 valence electrons. The van der Waals surface area contributed by atoms with Gasteiger partial charge in [-0.05, 0) is 30.5 Å². The number of nitrogens with two attached hydrogens (primary N) is 1. The summed E-state index contributed by atoms with van der Waals surface area (Å²) in [6, 6.07) is 9.67. The van der Waals surface area contributed by atoms with Gasteiger partial charge in [-0.25, -0.2) is 0 Å². The molecule has 3 rings (SSSR count). The van der Waals surface area contributed by atoms with Gasteiger partial charge in [0.15, 0.2) is 0 Å². The molecule has 0 unspecified atom stereocenters. The molecule has 1 amide bonds. The second-order valence-corrected chi connectivity index (χ2v) is 6.38. The Morgan fingerprint density at radius 3 is 2.70 bits per heavy atom. The van der Waals surface area contributed by atoms with E-state index in [0.29, 0.717) is 29.4 Å². The van der Waals surface area contributed by atoms with Crippen molar-refractivity contribution in [2.24, 2.45) is 5.73 Å². The summed E-state index contributed by atoms with van der Waals surface area (Å²) in [5.41, 5.74) is 7.10. The van der Waals surface area contributed by atoms with Crippen molar-refractivity contribution in [2.75, 3.05) is 0 Å². The fourth-order valence-electron chi connectivity index (χ4n) is 3.16. The highest BCUT2D eigenvalue weighted by molar-refractivity contribution is 6.31. The topological polar surface area (TPSA) is 59.5 Å². The van der Waals surface area contributed by atoms with E-state index in [-0.39, 0.29) is 11.9 Å². The summed E-state index contributed by atoms with van der Waals surface area (Å²) < 4.78 is 5.32. The normalized spacial score (nSPS) is 15.0. The average molecular weight is 333 g/mol. The molecule has 2 N–H and O–H groups in total. The number of hydrogen-bond acceptors (Lipinski definition) is 3. The van der Waals surface area contributed by atoms with Crippen LogP contribution in [-0.4, -0.2) is 16.8 Å². The third-order valence-electron chi connectivity index (χ3n) is 4.43. The van der Waals surface area contributed by atoms with Gasteiger partial charge in [0.05, 0.1) is 12.1 Å². The minimum atomic E-state index is -0.0136. The molecule has 1 saturated carbocycles. The first-order valence-corrected chi connectivity index (χ1v) is 8.38. The van der Waals surface area contributed by atoms with E-state index in [9.17, 15) is 4.79 Å². The van der Waals surface area contributed by atoms with Crippen molar-refractivity contribution in [1.29, 1.82) is 0 Å². The van der Waals surface area contributed by atoms with Crippen LogP contribution in [0.25, 0.3) is 0 Å². The van der Waals surface area contributed by atoms with Gasteiger partial charge in [0.25, 0.3) is 5.91 Å². The van der Waals surface area contributed by atoms with Crippen LogP contribution in [0.5, 0.6) is 0 Å². The van der Waals surface area contributed by atoms with E-state index in [4.69, 9.17) is 21.8 Å². The van der Waals surface area contributed by atoms with E-state index < -0.39 is 0 Å². The lowest BCUT2D eigenvalue weighted by Gasteiger charge is -2.29. The van der Waals surface area contributed by atoms with Crippen LogP contribution in [-0.2, 0) is 13.1 Å². The van der Waals surface area contributed by atoms with Gasteiger partial charge in [-0.3, -0.25) is 4.79 Å². The number of benzene rings is 1. The maximum atomic E-state index is 13.0. The fourth-order valence-corrected chi connectivity index (χ4v) is 3.35. The number of carbonyl (C=O) groups excluding carboxylic acids is 1. The summed E-state index contributed by atoms with van der Waals surface area (Å²) in [4.78, 5) is 14.9. The van der Waals surface area contributed by atoms with Crippen molar-refractivity contribution in [2.45, 2.75) is 44.8 Å². The monoisotopic (exact) mass is 332 g/mol. The lowest BCUT2D eigenvalue weighted by molar-refractivity contribution is 0.0664. The van der Waals surface area contributed by atoms with Gasteiger partial charge >= 0.3 is 0 Å². The molecule has 1 aromatic carbocycles. The first-order valence-electron chi connectivity index (χ1n) is 8.01. The highest BCUT2D eigenvalue weighted by Gasteiger charge is 2.28. The second-order valence-electron chi connectivity index (χ2n) is 5.97. The summed E-state index contributed by atoms with van der Waals surface area (Å²) in [6.07, 6.45) is 5.90.